The maximum absolute atomic E-state index is 12.1. The van der Waals surface area contributed by atoms with Crippen molar-refractivity contribution in [3.63, 3.8) is 0 Å². The lowest BCUT2D eigenvalue weighted by Gasteiger charge is -2.18. The van der Waals surface area contributed by atoms with Crippen LogP contribution in [0.2, 0.25) is 0 Å². The third-order valence-electron chi connectivity index (χ3n) is 4.72. The molecule has 2 amide bonds. The molecule has 1 heterocycles. The summed E-state index contributed by atoms with van der Waals surface area (Å²) in [6, 6.07) is 14.6. The molecule has 0 aliphatic carbocycles. The number of hydrogen-bond acceptors (Lipinski definition) is 5. The first-order valence-corrected chi connectivity index (χ1v) is 9.85. The first-order valence-electron chi connectivity index (χ1n) is 9.85. The third kappa shape index (κ3) is 5.53. The molecule has 156 valence electrons. The average Bonchev–Trinajstić information content (AvgIpc) is 3.17. The van der Waals surface area contributed by atoms with Gasteiger partial charge >= 0.3 is 0 Å². The predicted molar refractivity (Wildman–Crippen MR) is 115 cm³/mol. The maximum Gasteiger partial charge on any atom is 0.248 e. The summed E-state index contributed by atoms with van der Waals surface area (Å²) in [6.45, 7) is 6.50. The topological polar surface area (TPSA) is 111 Å². The Kier molecular flexibility index (Phi) is 6.30. The molecular formula is C23H26N4O3. The summed E-state index contributed by atoms with van der Waals surface area (Å²) >= 11 is 0. The number of aryl methyl sites for hydroxylation is 1. The number of aromatic nitrogens is 2. The molecule has 30 heavy (non-hydrogen) atoms. The number of carbonyl (C=O) groups excluding carboxylic acids is 2. The van der Waals surface area contributed by atoms with Gasteiger partial charge < -0.3 is 15.6 Å². The van der Waals surface area contributed by atoms with Crippen LogP contribution in [0, 0.1) is 0 Å². The summed E-state index contributed by atoms with van der Waals surface area (Å²) in [5.41, 5.74) is 8.44. The van der Waals surface area contributed by atoms with Crippen LogP contribution >= 0.6 is 0 Å². The predicted octanol–water partition coefficient (Wildman–Crippen LogP) is 4.09. The number of anilines is 1. The minimum absolute atomic E-state index is 0.0887. The molecule has 3 N–H and O–H groups in total. The summed E-state index contributed by atoms with van der Waals surface area (Å²) in [5.74, 6) is 0.421. The number of amides is 2. The van der Waals surface area contributed by atoms with E-state index in [-0.39, 0.29) is 11.3 Å². The van der Waals surface area contributed by atoms with Crippen LogP contribution in [-0.4, -0.2) is 22.0 Å². The maximum atomic E-state index is 12.1. The molecule has 7 heteroatoms. The fraction of sp³-hybridized carbons (Fsp3) is 0.304. The zero-order valence-electron chi connectivity index (χ0n) is 17.4. The summed E-state index contributed by atoms with van der Waals surface area (Å²) in [7, 11) is 0. The monoisotopic (exact) mass is 406 g/mol. The Morgan fingerprint density at radius 3 is 2.30 bits per heavy atom. The fourth-order valence-corrected chi connectivity index (χ4v) is 2.93. The van der Waals surface area contributed by atoms with Crippen LogP contribution in [-0.2, 0) is 16.6 Å². The number of primary amides is 1. The summed E-state index contributed by atoms with van der Waals surface area (Å²) < 4.78 is 5.32. The van der Waals surface area contributed by atoms with E-state index in [1.54, 1.807) is 24.3 Å². The van der Waals surface area contributed by atoms with Crippen LogP contribution in [0.15, 0.2) is 53.1 Å². The van der Waals surface area contributed by atoms with Gasteiger partial charge in [-0.15, -0.1) is 0 Å². The number of nitrogens with zero attached hydrogens (tertiary/aromatic N) is 2. The van der Waals surface area contributed by atoms with Gasteiger partial charge in [-0.05, 0) is 41.7 Å². The largest absolute Gasteiger partial charge is 0.366 e. The van der Waals surface area contributed by atoms with Crippen LogP contribution < -0.4 is 11.1 Å². The van der Waals surface area contributed by atoms with E-state index in [2.05, 4.69) is 48.4 Å². The van der Waals surface area contributed by atoms with Crippen molar-refractivity contribution in [2.24, 2.45) is 5.73 Å². The number of nitrogens with two attached hydrogens (primary N) is 1. The summed E-state index contributed by atoms with van der Waals surface area (Å²) in [6.07, 6.45) is 1.41. The molecule has 7 nitrogen and oxygen atoms in total. The second kappa shape index (κ2) is 8.90. The molecule has 3 rings (SSSR count). The van der Waals surface area contributed by atoms with Crippen LogP contribution in [0.3, 0.4) is 0 Å². The summed E-state index contributed by atoms with van der Waals surface area (Å²) in [4.78, 5) is 27.6. The van der Waals surface area contributed by atoms with E-state index in [1.807, 2.05) is 12.1 Å². The Labute approximate surface area is 175 Å². The Morgan fingerprint density at radius 1 is 1.03 bits per heavy atom. The van der Waals surface area contributed by atoms with E-state index >= 15 is 0 Å². The molecule has 3 aromatic rings. The van der Waals surface area contributed by atoms with E-state index in [4.69, 9.17) is 10.3 Å². The lowest BCUT2D eigenvalue weighted by atomic mass is 9.87. The van der Waals surface area contributed by atoms with Gasteiger partial charge in [0.15, 0.2) is 0 Å². The van der Waals surface area contributed by atoms with Crippen LogP contribution in [0.4, 0.5) is 5.69 Å². The van der Waals surface area contributed by atoms with Crippen molar-refractivity contribution < 1.29 is 14.1 Å². The van der Waals surface area contributed by atoms with Gasteiger partial charge in [-0.25, -0.2) is 0 Å². The van der Waals surface area contributed by atoms with Crippen LogP contribution in [0.25, 0.3) is 11.4 Å². The SMILES string of the molecule is CC(C)(C)c1ccc(-c2noc(CCCC(=O)Nc3ccc(C(N)=O)cc3)n2)cc1. The lowest BCUT2D eigenvalue weighted by molar-refractivity contribution is -0.116. The van der Waals surface area contributed by atoms with Gasteiger partial charge in [-0.1, -0.05) is 50.2 Å². The van der Waals surface area contributed by atoms with E-state index < -0.39 is 5.91 Å². The highest BCUT2D eigenvalue weighted by molar-refractivity contribution is 5.94. The fourth-order valence-electron chi connectivity index (χ4n) is 2.93. The van der Waals surface area contributed by atoms with Crippen molar-refractivity contribution >= 4 is 17.5 Å². The Hall–Kier alpha value is -3.48. The number of nitrogens with one attached hydrogen (secondary N) is 1. The van der Waals surface area contributed by atoms with Gasteiger partial charge in [0, 0.05) is 29.7 Å². The second-order valence-electron chi connectivity index (χ2n) is 8.18. The van der Waals surface area contributed by atoms with Crippen molar-refractivity contribution in [3.8, 4) is 11.4 Å². The lowest BCUT2D eigenvalue weighted by Crippen LogP contribution is -2.13. The van der Waals surface area contributed by atoms with Crippen molar-refractivity contribution in [1.82, 2.24) is 10.1 Å². The minimum Gasteiger partial charge on any atom is -0.366 e. The van der Waals surface area contributed by atoms with Crippen molar-refractivity contribution in [3.05, 3.63) is 65.5 Å². The molecule has 0 aliphatic rings. The molecule has 1 aromatic heterocycles. The van der Waals surface area contributed by atoms with E-state index in [0.29, 0.717) is 42.2 Å². The van der Waals surface area contributed by atoms with Gasteiger partial charge in [-0.3, -0.25) is 9.59 Å². The number of rotatable bonds is 7. The molecule has 0 aliphatic heterocycles. The highest BCUT2D eigenvalue weighted by Crippen LogP contribution is 2.25. The number of carbonyl (C=O) groups is 2. The van der Waals surface area contributed by atoms with Gasteiger partial charge in [-0.2, -0.15) is 4.98 Å². The van der Waals surface area contributed by atoms with E-state index in [9.17, 15) is 9.59 Å². The highest BCUT2D eigenvalue weighted by atomic mass is 16.5. The van der Waals surface area contributed by atoms with Crippen LogP contribution in [0.1, 0.15) is 55.4 Å². The van der Waals surface area contributed by atoms with Crippen molar-refractivity contribution in [1.29, 1.82) is 0 Å². The highest BCUT2D eigenvalue weighted by Gasteiger charge is 2.15. The van der Waals surface area contributed by atoms with Crippen molar-refractivity contribution in [2.75, 3.05) is 5.32 Å². The zero-order valence-corrected chi connectivity index (χ0v) is 17.4. The van der Waals surface area contributed by atoms with Crippen molar-refractivity contribution in [2.45, 2.75) is 45.4 Å². The Balaban J connectivity index is 1.49. The minimum atomic E-state index is -0.503. The number of hydrogen-bond donors (Lipinski definition) is 2. The standard InChI is InChI=1S/C23H26N4O3/c1-23(2,3)17-11-7-16(8-12-17)22-26-20(30-27-22)6-4-5-19(28)25-18-13-9-15(10-14-18)21(24)29/h7-14H,4-6H2,1-3H3,(H2,24,29)(H,25,28). The Morgan fingerprint density at radius 2 is 1.70 bits per heavy atom. The van der Waals surface area contributed by atoms with Gasteiger partial charge in [0.2, 0.25) is 23.5 Å². The average molecular weight is 406 g/mol. The molecule has 0 radical (unpaired) electrons. The van der Waals surface area contributed by atoms with Crippen LogP contribution in [0.5, 0.6) is 0 Å². The molecule has 0 saturated heterocycles. The van der Waals surface area contributed by atoms with Gasteiger partial charge in [0.1, 0.15) is 0 Å². The third-order valence-corrected chi connectivity index (χ3v) is 4.72. The van der Waals surface area contributed by atoms with Gasteiger partial charge in [0.25, 0.3) is 0 Å². The summed E-state index contributed by atoms with van der Waals surface area (Å²) in [5, 5.41) is 6.83. The second-order valence-corrected chi connectivity index (χ2v) is 8.18. The molecule has 0 fully saturated rings. The zero-order chi connectivity index (χ0) is 21.7. The van der Waals surface area contributed by atoms with E-state index in [1.165, 1.54) is 5.56 Å². The molecule has 0 unspecified atom stereocenters. The molecule has 0 saturated carbocycles. The van der Waals surface area contributed by atoms with Gasteiger partial charge in [0.05, 0.1) is 0 Å². The number of benzene rings is 2. The first kappa shape index (κ1) is 21.2. The smallest absolute Gasteiger partial charge is 0.248 e. The van der Waals surface area contributed by atoms with E-state index in [0.717, 1.165) is 5.56 Å². The molecular weight excluding hydrogens is 380 g/mol. The first-order chi connectivity index (χ1) is 14.2. The Bertz CT molecular complexity index is 1020. The molecule has 2 aromatic carbocycles. The quantitative estimate of drug-likeness (QED) is 0.614. The normalized spacial score (nSPS) is 11.3. The molecule has 0 bridgehead atoms. The molecule has 0 atom stereocenters. The molecule has 0 spiro atoms.